The number of carbonyl (C=O) groups excluding carboxylic acids is 1. The normalized spacial score (nSPS) is 16.0. The van der Waals surface area contributed by atoms with Crippen molar-refractivity contribution in [1.29, 1.82) is 0 Å². The number of hydrogen-bond donors (Lipinski definition) is 1. The Labute approximate surface area is 206 Å². The second-order valence-corrected chi connectivity index (χ2v) is 9.48. The Balaban J connectivity index is 1.35. The van der Waals surface area contributed by atoms with Gasteiger partial charge < -0.3 is 10.2 Å². The van der Waals surface area contributed by atoms with Crippen LogP contribution in [0.15, 0.2) is 54.6 Å². The molecule has 0 radical (unpaired) electrons. The number of rotatable bonds is 6. The molecule has 1 aliphatic heterocycles. The van der Waals surface area contributed by atoms with Crippen LogP contribution in [0.2, 0.25) is 0 Å². The lowest BCUT2D eigenvalue weighted by molar-refractivity contribution is -0.125. The zero-order chi connectivity index (χ0) is 24.4. The van der Waals surface area contributed by atoms with Crippen LogP contribution >= 0.6 is 0 Å². The summed E-state index contributed by atoms with van der Waals surface area (Å²) in [5.74, 6) is 0.808. The van der Waals surface area contributed by atoms with E-state index < -0.39 is 0 Å². The minimum atomic E-state index is -0.0713. The zero-order valence-electron chi connectivity index (χ0n) is 20.7. The maximum absolute atomic E-state index is 13.0. The first-order chi connectivity index (χ1) is 17.0. The van der Waals surface area contributed by atoms with E-state index in [2.05, 4.69) is 70.7 Å². The molecule has 1 N–H and O–H groups in total. The molecule has 0 unspecified atom stereocenters. The van der Waals surface area contributed by atoms with E-state index in [0.29, 0.717) is 13.1 Å². The van der Waals surface area contributed by atoms with Gasteiger partial charge in [-0.3, -0.25) is 4.79 Å². The number of hydrogen-bond acceptors (Lipinski definition) is 5. The predicted octanol–water partition coefficient (Wildman–Crippen LogP) is 4.32. The first kappa shape index (κ1) is 23.0. The molecule has 0 saturated carbocycles. The first-order valence-corrected chi connectivity index (χ1v) is 12.4. The van der Waals surface area contributed by atoms with Crippen LogP contribution in [0.3, 0.4) is 0 Å². The Kier molecular flexibility index (Phi) is 6.49. The Morgan fingerprint density at radius 2 is 1.80 bits per heavy atom. The molecular weight excluding hydrogens is 436 g/mol. The van der Waals surface area contributed by atoms with Gasteiger partial charge in [-0.15, -0.1) is 5.10 Å². The van der Waals surface area contributed by atoms with Crippen molar-refractivity contribution in [3.05, 3.63) is 77.1 Å². The standard InChI is InChI=1S/C28H32N6O/c1-19-11-13-24(14-12-19)34-21(3)25-20(2)30-31-27(26(25)32-34)33-17-7-10-23(18-33)28(35)29-16-15-22-8-5-4-6-9-22/h4-6,8-9,11-14,23H,7,10,15-18H2,1-3H3,(H,29,35)/t23-/m1/s1. The Hall–Kier alpha value is -3.74. The molecule has 35 heavy (non-hydrogen) atoms. The molecule has 1 amide bonds. The van der Waals surface area contributed by atoms with Crippen molar-refractivity contribution in [3.63, 3.8) is 0 Å². The third-order valence-corrected chi connectivity index (χ3v) is 6.91. The molecule has 7 heteroatoms. The summed E-state index contributed by atoms with van der Waals surface area (Å²) in [6.07, 6.45) is 2.65. The van der Waals surface area contributed by atoms with Crippen molar-refractivity contribution in [2.24, 2.45) is 5.92 Å². The van der Waals surface area contributed by atoms with Gasteiger partial charge in [-0.05, 0) is 57.7 Å². The van der Waals surface area contributed by atoms with Gasteiger partial charge in [0.05, 0.1) is 28.4 Å². The van der Waals surface area contributed by atoms with Crippen LogP contribution in [0, 0.1) is 26.7 Å². The molecule has 0 spiro atoms. The number of fused-ring (bicyclic) bond motifs is 1. The lowest BCUT2D eigenvalue weighted by Crippen LogP contribution is -2.44. The fourth-order valence-electron chi connectivity index (χ4n) is 4.96. The molecule has 7 nitrogen and oxygen atoms in total. The highest BCUT2D eigenvalue weighted by atomic mass is 16.1. The van der Waals surface area contributed by atoms with Gasteiger partial charge >= 0.3 is 0 Å². The summed E-state index contributed by atoms with van der Waals surface area (Å²) < 4.78 is 1.97. The number of aromatic nitrogens is 4. The van der Waals surface area contributed by atoms with Gasteiger partial charge in [0.25, 0.3) is 0 Å². The van der Waals surface area contributed by atoms with E-state index in [1.165, 1.54) is 11.1 Å². The van der Waals surface area contributed by atoms with Crippen LogP contribution in [0.1, 0.15) is 35.4 Å². The number of nitrogens with zero attached hydrogens (tertiary/aromatic N) is 5. The van der Waals surface area contributed by atoms with Crippen LogP contribution in [0.25, 0.3) is 16.6 Å². The minimum absolute atomic E-state index is 0.0713. The van der Waals surface area contributed by atoms with Gasteiger partial charge in [0, 0.05) is 19.6 Å². The molecular formula is C28H32N6O. The smallest absolute Gasteiger partial charge is 0.224 e. The molecule has 1 fully saturated rings. The largest absolute Gasteiger partial charge is 0.355 e. The minimum Gasteiger partial charge on any atom is -0.355 e. The molecule has 180 valence electrons. The van der Waals surface area contributed by atoms with Gasteiger partial charge in [-0.25, -0.2) is 4.68 Å². The van der Waals surface area contributed by atoms with Crippen LogP contribution in [-0.4, -0.2) is 45.5 Å². The van der Waals surface area contributed by atoms with Crippen molar-refractivity contribution >= 4 is 22.6 Å². The van der Waals surface area contributed by atoms with Crippen LogP contribution < -0.4 is 10.2 Å². The zero-order valence-corrected chi connectivity index (χ0v) is 20.7. The number of anilines is 1. The molecule has 5 rings (SSSR count). The van der Waals surface area contributed by atoms with Crippen molar-refractivity contribution in [2.45, 2.75) is 40.0 Å². The third-order valence-electron chi connectivity index (χ3n) is 6.91. The fraction of sp³-hybridized carbons (Fsp3) is 0.357. The van der Waals surface area contributed by atoms with E-state index in [0.717, 1.165) is 59.6 Å². The summed E-state index contributed by atoms with van der Waals surface area (Å²) in [6.45, 7) is 8.25. The van der Waals surface area contributed by atoms with E-state index >= 15 is 0 Å². The van der Waals surface area contributed by atoms with E-state index in [4.69, 9.17) is 5.10 Å². The highest BCUT2D eigenvalue weighted by Gasteiger charge is 2.29. The van der Waals surface area contributed by atoms with Crippen LogP contribution in [0.4, 0.5) is 5.82 Å². The van der Waals surface area contributed by atoms with Crippen molar-refractivity contribution in [3.8, 4) is 5.69 Å². The van der Waals surface area contributed by atoms with Gasteiger partial charge in [-0.2, -0.15) is 10.2 Å². The average Bonchev–Trinajstić information content (AvgIpc) is 3.23. The molecule has 1 saturated heterocycles. The molecule has 1 aliphatic rings. The van der Waals surface area contributed by atoms with Gasteiger partial charge in [0.1, 0.15) is 5.52 Å². The summed E-state index contributed by atoms with van der Waals surface area (Å²) in [6, 6.07) is 18.6. The lowest BCUT2D eigenvalue weighted by Gasteiger charge is -2.32. The summed E-state index contributed by atoms with van der Waals surface area (Å²) in [5, 5.41) is 18.2. The molecule has 3 heterocycles. The Bertz CT molecular complexity index is 1330. The number of amides is 1. The average molecular weight is 469 g/mol. The quantitative estimate of drug-likeness (QED) is 0.456. The summed E-state index contributed by atoms with van der Waals surface area (Å²) in [7, 11) is 0. The third kappa shape index (κ3) is 4.76. The Morgan fingerprint density at radius 1 is 1.03 bits per heavy atom. The maximum Gasteiger partial charge on any atom is 0.224 e. The SMILES string of the molecule is Cc1ccc(-n2nc3c(N4CCC[C@@H](C(=O)NCCc5ccccc5)C4)nnc(C)c3c2C)cc1. The van der Waals surface area contributed by atoms with Gasteiger partial charge in [0.2, 0.25) is 5.91 Å². The molecule has 2 aromatic carbocycles. The second kappa shape index (κ2) is 9.86. The number of piperidine rings is 1. The van der Waals surface area contributed by atoms with E-state index in [1.807, 2.05) is 29.8 Å². The summed E-state index contributed by atoms with van der Waals surface area (Å²) >= 11 is 0. The number of benzene rings is 2. The number of carbonyl (C=O) groups is 1. The van der Waals surface area contributed by atoms with Crippen molar-refractivity contribution < 1.29 is 4.79 Å². The molecule has 0 aliphatic carbocycles. The lowest BCUT2D eigenvalue weighted by atomic mass is 9.97. The first-order valence-electron chi connectivity index (χ1n) is 12.4. The maximum atomic E-state index is 13.0. The van der Waals surface area contributed by atoms with Crippen LogP contribution in [-0.2, 0) is 11.2 Å². The number of aryl methyl sites for hydroxylation is 3. The van der Waals surface area contributed by atoms with Gasteiger partial charge in [0.15, 0.2) is 5.82 Å². The molecule has 4 aromatic rings. The fourth-order valence-corrected chi connectivity index (χ4v) is 4.96. The number of nitrogens with one attached hydrogen (secondary N) is 1. The molecule has 0 bridgehead atoms. The van der Waals surface area contributed by atoms with Crippen molar-refractivity contribution in [1.82, 2.24) is 25.3 Å². The summed E-state index contributed by atoms with van der Waals surface area (Å²) in [4.78, 5) is 15.1. The molecule has 1 atom stereocenters. The van der Waals surface area contributed by atoms with E-state index in [9.17, 15) is 4.79 Å². The van der Waals surface area contributed by atoms with Gasteiger partial charge in [-0.1, -0.05) is 48.0 Å². The topological polar surface area (TPSA) is 75.9 Å². The Morgan fingerprint density at radius 3 is 2.57 bits per heavy atom. The predicted molar refractivity (Wildman–Crippen MR) is 139 cm³/mol. The van der Waals surface area contributed by atoms with Crippen molar-refractivity contribution in [2.75, 3.05) is 24.5 Å². The summed E-state index contributed by atoms with van der Waals surface area (Å²) in [5.41, 5.74) is 6.22. The molecule has 2 aromatic heterocycles. The van der Waals surface area contributed by atoms with Crippen LogP contribution in [0.5, 0.6) is 0 Å². The second-order valence-electron chi connectivity index (χ2n) is 9.48. The highest BCUT2D eigenvalue weighted by Crippen LogP contribution is 2.31. The monoisotopic (exact) mass is 468 g/mol. The highest BCUT2D eigenvalue weighted by molar-refractivity contribution is 5.92. The van der Waals surface area contributed by atoms with E-state index in [-0.39, 0.29) is 11.8 Å². The van der Waals surface area contributed by atoms with E-state index in [1.54, 1.807) is 0 Å².